The molecule has 2 aromatic rings. The average Bonchev–Trinajstić information content (AvgIpc) is 2.75. The minimum atomic E-state index is -0.0468. The highest BCUT2D eigenvalue weighted by molar-refractivity contribution is 6.16. The van der Waals surface area contributed by atoms with Crippen molar-refractivity contribution in [3.63, 3.8) is 0 Å². The van der Waals surface area contributed by atoms with Gasteiger partial charge in [0.25, 0.3) is 0 Å². The molecule has 0 unspecified atom stereocenters. The van der Waals surface area contributed by atoms with E-state index in [-0.39, 0.29) is 5.91 Å². The fourth-order valence-electron chi connectivity index (χ4n) is 1.97. The maximum absolute atomic E-state index is 10.9. The molecular formula is C13H16ClN3O2. The first-order valence-electron chi connectivity index (χ1n) is 5.99. The van der Waals surface area contributed by atoms with E-state index in [1.54, 1.807) is 7.11 Å². The highest BCUT2D eigenvalue weighted by atomic mass is 35.5. The number of alkyl halides is 1. The third kappa shape index (κ3) is 2.98. The lowest BCUT2D eigenvalue weighted by Crippen LogP contribution is -2.24. The summed E-state index contributed by atoms with van der Waals surface area (Å²) in [5, 5.41) is 2.77. The Labute approximate surface area is 116 Å². The summed E-state index contributed by atoms with van der Waals surface area (Å²) < 4.78 is 7.22. The lowest BCUT2D eigenvalue weighted by atomic mass is 10.3. The number of ether oxygens (including phenoxy) is 1. The van der Waals surface area contributed by atoms with E-state index >= 15 is 0 Å². The van der Waals surface area contributed by atoms with Crippen LogP contribution in [0.25, 0.3) is 11.0 Å². The van der Waals surface area contributed by atoms with Gasteiger partial charge in [-0.15, -0.1) is 11.6 Å². The molecule has 1 aromatic carbocycles. The summed E-state index contributed by atoms with van der Waals surface area (Å²) in [5.41, 5.74) is 1.83. The Morgan fingerprint density at radius 2 is 2.32 bits per heavy atom. The number of hydrogen-bond acceptors (Lipinski definition) is 3. The zero-order valence-corrected chi connectivity index (χ0v) is 11.7. The van der Waals surface area contributed by atoms with Gasteiger partial charge in [-0.2, -0.15) is 0 Å². The van der Waals surface area contributed by atoms with Crippen molar-refractivity contribution in [1.29, 1.82) is 0 Å². The smallest absolute Gasteiger partial charge is 0.216 e. The number of nitrogens with one attached hydrogen (secondary N) is 1. The van der Waals surface area contributed by atoms with Crippen LogP contribution in [0.1, 0.15) is 12.7 Å². The molecule has 0 bridgehead atoms. The summed E-state index contributed by atoms with van der Waals surface area (Å²) >= 11 is 5.92. The van der Waals surface area contributed by atoms with Gasteiger partial charge in [0.2, 0.25) is 5.91 Å². The summed E-state index contributed by atoms with van der Waals surface area (Å²) in [4.78, 5) is 15.4. The number of benzene rings is 1. The zero-order chi connectivity index (χ0) is 13.8. The van der Waals surface area contributed by atoms with Gasteiger partial charge in [0.05, 0.1) is 24.0 Å². The van der Waals surface area contributed by atoms with Crippen LogP contribution in [-0.2, 0) is 17.2 Å². The van der Waals surface area contributed by atoms with Crippen LogP contribution >= 0.6 is 11.6 Å². The van der Waals surface area contributed by atoms with E-state index in [1.807, 2.05) is 22.8 Å². The van der Waals surface area contributed by atoms with Crippen LogP contribution in [0.5, 0.6) is 5.75 Å². The van der Waals surface area contributed by atoms with E-state index in [0.29, 0.717) is 19.0 Å². The maximum atomic E-state index is 10.9. The Morgan fingerprint density at radius 3 is 2.95 bits per heavy atom. The van der Waals surface area contributed by atoms with E-state index < -0.39 is 0 Å². The fourth-order valence-corrected chi connectivity index (χ4v) is 2.18. The first kappa shape index (κ1) is 13.7. The molecule has 102 valence electrons. The molecule has 5 nitrogen and oxygen atoms in total. The zero-order valence-electron chi connectivity index (χ0n) is 10.9. The predicted molar refractivity (Wildman–Crippen MR) is 74.5 cm³/mol. The van der Waals surface area contributed by atoms with Crippen LogP contribution in [0.2, 0.25) is 0 Å². The fraction of sp³-hybridized carbons (Fsp3) is 0.385. The SMILES string of the molecule is COc1ccc2nc(CCl)n(CCNC(C)=O)c2c1. The number of amides is 1. The number of methoxy groups -OCH3 is 1. The van der Waals surface area contributed by atoms with Crippen molar-refractivity contribution in [3.8, 4) is 5.75 Å². The molecule has 0 radical (unpaired) electrons. The quantitative estimate of drug-likeness (QED) is 0.852. The Balaban J connectivity index is 2.34. The number of carbonyl (C=O) groups excluding carboxylic acids is 1. The number of imidazole rings is 1. The van der Waals surface area contributed by atoms with Crippen LogP contribution in [-0.4, -0.2) is 29.1 Å². The minimum absolute atomic E-state index is 0.0468. The van der Waals surface area contributed by atoms with Gasteiger partial charge in [-0.05, 0) is 12.1 Å². The third-order valence-electron chi connectivity index (χ3n) is 2.86. The molecule has 1 N–H and O–H groups in total. The second-order valence-electron chi connectivity index (χ2n) is 4.15. The molecule has 0 aliphatic heterocycles. The summed E-state index contributed by atoms with van der Waals surface area (Å²) in [5.74, 6) is 1.84. The highest BCUT2D eigenvalue weighted by Gasteiger charge is 2.10. The number of halogens is 1. The molecule has 1 heterocycles. The molecule has 2 rings (SSSR count). The Morgan fingerprint density at radius 1 is 1.53 bits per heavy atom. The number of carbonyl (C=O) groups is 1. The van der Waals surface area contributed by atoms with E-state index in [0.717, 1.165) is 22.6 Å². The molecule has 0 fully saturated rings. The number of rotatable bonds is 5. The van der Waals surface area contributed by atoms with Crippen molar-refractivity contribution in [2.24, 2.45) is 0 Å². The largest absolute Gasteiger partial charge is 0.497 e. The second kappa shape index (κ2) is 5.93. The molecule has 6 heteroatoms. The van der Waals surface area contributed by atoms with Crippen molar-refractivity contribution >= 4 is 28.5 Å². The van der Waals surface area contributed by atoms with Crippen molar-refractivity contribution in [2.75, 3.05) is 13.7 Å². The Hall–Kier alpha value is -1.75. The molecule has 19 heavy (non-hydrogen) atoms. The van der Waals surface area contributed by atoms with Crippen LogP contribution < -0.4 is 10.1 Å². The first-order chi connectivity index (χ1) is 9.15. The first-order valence-corrected chi connectivity index (χ1v) is 6.52. The van der Waals surface area contributed by atoms with E-state index in [4.69, 9.17) is 16.3 Å². The van der Waals surface area contributed by atoms with Gasteiger partial charge < -0.3 is 14.6 Å². The number of nitrogens with zero attached hydrogens (tertiary/aromatic N) is 2. The van der Waals surface area contributed by atoms with E-state index in [2.05, 4.69) is 10.3 Å². The summed E-state index contributed by atoms with van der Waals surface area (Å²) in [6.07, 6.45) is 0. The molecular weight excluding hydrogens is 266 g/mol. The highest BCUT2D eigenvalue weighted by Crippen LogP contribution is 2.22. The van der Waals surface area contributed by atoms with Gasteiger partial charge in [0, 0.05) is 26.1 Å². The number of hydrogen-bond donors (Lipinski definition) is 1. The number of fused-ring (bicyclic) bond motifs is 1. The van der Waals surface area contributed by atoms with Crippen molar-refractivity contribution in [3.05, 3.63) is 24.0 Å². The van der Waals surface area contributed by atoms with Gasteiger partial charge in [-0.25, -0.2) is 4.98 Å². The summed E-state index contributed by atoms with van der Waals surface area (Å²) in [6.45, 7) is 2.67. The van der Waals surface area contributed by atoms with Crippen LogP contribution in [0.4, 0.5) is 0 Å². The lowest BCUT2D eigenvalue weighted by molar-refractivity contribution is -0.118. The van der Waals surface area contributed by atoms with Gasteiger partial charge in [0.15, 0.2) is 0 Å². The van der Waals surface area contributed by atoms with Crippen molar-refractivity contribution < 1.29 is 9.53 Å². The van der Waals surface area contributed by atoms with Crippen LogP contribution in [0.3, 0.4) is 0 Å². The van der Waals surface area contributed by atoms with Crippen molar-refractivity contribution in [2.45, 2.75) is 19.3 Å². The third-order valence-corrected chi connectivity index (χ3v) is 3.10. The Kier molecular flexibility index (Phi) is 4.27. The molecule has 0 atom stereocenters. The standard InChI is InChI=1S/C13H16ClN3O2/c1-9(18)15-5-6-17-12-7-10(19-2)3-4-11(12)16-13(17)8-14/h3-4,7H,5-6,8H2,1-2H3,(H,15,18). The van der Waals surface area contributed by atoms with Crippen LogP contribution in [0, 0.1) is 0 Å². The van der Waals surface area contributed by atoms with Gasteiger partial charge in [-0.3, -0.25) is 4.79 Å². The molecule has 0 aliphatic carbocycles. The van der Waals surface area contributed by atoms with E-state index in [1.165, 1.54) is 6.92 Å². The summed E-state index contributed by atoms with van der Waals surface area (Å²) in [6, 6.07) is 5.69. The molecule has 0 saturated heterocycles. The lowest BCUT2D eigenvalue weighted by Gasteiger charge is -2.08. The van der Waals surface area contributed by atoms with E-state index in [9.17, 15) is 4.79 Å². The van der Waals surface area contributed by atoms with Gasteiger partial charge in [0.1, 0.15) is 11.6 Å². The van der Waals surface area contributed by atoms with Crippen LogP contribution in [0.15, 0.2) is 18.2 Å². The number of aromatic nitrogens is 2. The molecule has 1 aromatic heterocycles. The minimum Gasteiger partial charge on any atom is -0.497 e. The molecule has 1 amide bonds. The van der Waals surface area contributed by atoms with Crippen molar-refractivity contribution in [1.82, 2.24) is 14.9 Å². The predicted octanol–water partition coefficient (Wildman–Crippen LogP) is 1.92. The normalized spacial score (nSPS) is 10.7. The summed E-state index contributed by atoms with van der Waals surface area (Å²) in [7, 11) is 1.63. The molecule has 0 saturated carbocycles. The van der Waals surface area contributed by atoms with Gasteiger partial charge in [-0.1, -0.05) is 0 Å². The molecule has 0 aliphatic rings. The second-order valence-corrected chi connectivity index (χ2v) is 4.42. The Bertz CT molecular complexity index is 595. The maximum Gasteiger partial charge on any atom is 0.216 e. The topological polar surface area (TPSA) is 56.1 Å². The van der Waals surface area contributed by atoms with Gasteiger partial charge >= 0.3 is 0 Å². The monoisotopic (exact) mass is 281 g/mol. The molecule has 0 spiro atoms. The average molecular weight is 282 g/mol.